The highest BCUT2D eigenvalue weighted by atomic mass is 16.3. The molecule has 4 heterocycles. The molecule has 4 N–H and O–H groups in total. The number of aromatic hydroxyl groups is 1. The van der Waals surface area contributed by atoms with Gasteiger partial charge in [-0.25, -0.2) is 19.6 Å². The Kier molecular flexibility index (Phi) is 6.01. The standard InChI is InChI=1S/C32H26N8O3/c1-32(38-31(43)20-5-9-26(42)21(16-20)18-41)12-11-19-17-22(6-7-24(19)32)40-29(23-4-2-13-34-28(23)33)36-25-8-10-27(37-30(25)40)39-15-3-14-35-39/h2-10,13-18,42H,11-12H2,1H3,(H2,33,34)(H,38,43). The van der Waals surface area contributed by atoms with Gasteiger partial charge in [0.25, 0.3) is 5.91 Å². The summed E-state index contributed by atoms with van der Waals surface area (Å²) in [7, 11) is 0. The summed E-state index contributed by atoms with van der Waals surface area (Å²) < 4.78 is 3.67. The number of nitrogens with one attached hydrogen (secondary N) is 1. The zero-order valence-electron chi connectivity index (χ0n) is 23.1. The van der Waals surface area contributed by atoms with Crippen LogP contribution in [0.3, 0.4) is 0 Å². The second kappa shape index (κ2) is 9.91. The van der Waals surface area contributed by atoms with Crippen LogP contribution in [-0.4, -0.2) is 46.6 Å². The van der Waals surface area contributed by atoms with Crippen LogP contribution in [-0.2, 0) is 12.0 Å². The Balaban J connectivity index is 1.31. The van der Waals surface area contributed by atoms with E-state index in [1.54, 1.807) is 17.1 Å². The first-order valence-electron chi connectivity index (χ1n) is 13.7. The van der Waals surface area contributed by atoms with Gasteiger partial charge in [0, 0.05) is 29.8 Å². The van der Waals surface area contributed by atoms with Crippen molar-refractivity contribution in [2.45, 2.75) is 25.3 Å². The fraction of sp³-hybridized carbons (Fsp3) is 0.125. The maximum atomic E-state index is 13.2. The van der Waals surface area contributed by atoms with Crippen molar-refractivity contribution in [1.29, 1.82) is 0 Å². The average molecular weight is 571 g/mol. The van der Waals surface area contributed by atoms with Gasteiger partial charge >= 0.3 is 0 Å². The minimum atomic E-state index is -0.636. The molecule has 4 aromatic heterocycles. The molecule has 11 nitrogen and oxygen atoms in total. The molecule has 0 bridgehead atoms. The van der Waals surface area contributed by atoms with Gasteiger partial charge in [-0.2, -0.15) is 5.10 Å². The Bertz CT molecular complexity index is 2050. The molecular weight excluding hydrogens is 544 g/mol. The number of aryl methyl sites for hydroxylation is 1. The highest BCUT2D eigenvalue weighted by molar-refractivity contribution is 5.97. The zero-order chi connectivity index (χ0) is 29.7. The third kappa shape index (κ3) is 4.38. The Hall–Kier alpha value is -5.84. The van der Waals surface area contributed by atoms with Crippen molar-refractivity contribution in [2.75, 3.05) is 5.73 Å². The van der Waals surface area contributed by atoms with Crippen LogP contribution < -0.4 is 11.1 Å². The van der Waals surface area contributed by atoms with E-state index in [1.165, 1.54) is 18.2 Å². The minimum Gasteiger partial charge on any atom is -0.507 e. The number of aldehydes is 1. The van der Waals surface area contributed by atoms with E-state index in [2.05, 4.69) is 21.5 Å². The molecule has 0 aliphatic heterocycles. The molecule has 2 aromatic carbocycles. The molecule has 0 saturated carbocycles. The van der Waals surface area contributed by atoms with Gasteiger partial charge in [0.05, 0.1) is 16.7 Å². The molecule has 1 atom stereocenters. The molecule has 0 saturated heterocycles. The van der Waals surface area contributed by atoms with Crippen molar-refractivity contribution in [3.8, 4) is 28.6 Å². The summed E-state index contributed by atoms with van der Waals surface area (Å²) in [6.07, 6.45) is 7.12. The molecule has 1 aliphatic rings. The number of anilines is 1. The summed E-state index contributed by atoms with van der Waals surface area (Å²) in [5.74, 6) is 1.12. The monoisotopic (exact) mass is 570 g/mol. The molecule has 43 heavy (non-hydrogen) atoms. The SMILES string of the molecule is CC1(NC(=O)c2ccc(O)c(C=O)c2)CCc2cc(-n3c(-c4cccnc4N)nc4ccc(-n5cccn5)nc43)ccc21. The maximum absolute atomic E-state index is 13.2. The van der Waals surface area contributed by atoms with Crippen molar-refractivity contribution in [3.05, 3.63) is 108 Å². The molecule has 11 heteroatoms. The lowest BCUT2D eigenvalue weighted by Crippen LogP contribution is -2.41. The Labute approximate surface area is 245 Å². The Morgan fingerprint density at radius 3 is 2.74 bits per heavy atom. The number of fused-ring (bicyclic) bond motifs is 2. The summed E-state index contributed by atoms with van der Waals surface area (Å²) in [6, 6.07) is 19.7. The predicted octanol–water partition coefficient (Wildman–Crippen LogP) is 4.36. The van der Waals surface area contributed by atoms with E-state index in [0.717, 1.165) is 23.2 Å². The first-order valence-corrected chi connectivity index (χ1v) is 13.7. The van der Waals surface area contributed by atoms with Gasteiger partial charge < -0.3 is 16.2 Å². The van der Waals surface area contributed by atoms with Crippen LogP contribution in [0.25, 0.3) is 34.1 Å². The molecule has 0 spiro atoms. The van der Waals surface area contributed by atoms with Crippen LogP contribution in [0, 0.1) is 0 Å². The van der Waals surface area contributed by atoms with Crippen LogP contribution in [0.5, 0.6) is 5.75 Å². The van der Waals surface area contributed by atoms with E-state index in [1.807, 2.05) is 60.2 Å². The number of hydrogen-bond acceptors (Lipinski definition) is 8. The molecule has 1 aliphatic carbocycles. The fourth-order valence-corrected chi connectivity index (χ4v) is 5.74. The van der Waals surface area contributed by atoms with Gasteiger partial charge in [0.15, 0.2) is 23.6 Å². The zero-order valence-corrected chi connectivity index (χ0v) is 23.1. The van der Waals surface area contributed by atoms with Gasteiger partial charge in [-0.05, 0) is 91.6 Å². The molecular formula is C32H26N8O3. The van der Waals surface area contributed by atoms with Crippen LogP contribution in [0.2, 0.25) is 0 Å². The van der Waals surface area contributed by atoms with E-state index < -0.39 is 5.54 Å². The fourth-order valence-electron chi connectivity index (χ4n) is 5.74. The predicted molar refractivity (Wildman–Crippen MR) is 160 cm³/mol. The molecule has 212 valence electrons. The first-order chi connectivity index (χ1) is 20.8. The normalized spacial score (nSPS) is 15.8. The maximum Gasteiger partial charge on any atom is 0.251 e. The average Bonchev–Trinajstić information content (AvgIpc) is 3.75. The summed E-state index contributed by atoms with van der Waals surface area (Å²) in [5, 5.41) is 17.3. The van der Waals surface area contributed by atoms with E-state index in [0.29, 0.717) is 52.5 Å². The highest BCUT2D eigenvalue weighted by Crippen LogP contribution is 2.39. The number of phenolic OH excluding ortho intramolecular Hbond substituents is 1. The molecule has 1 amide bonds. The van der Waals surface area contributed by atoms with Gasteiger partial charge in [-0.15, -0.1) is 0 Å². The van der Waals surface area contributed by atoms with Crippen molar-refractivity contribution < 1.29 is 14.7 Å². The molecule has 0 fully saturated rings. The van der Waals surface area contributed by atoms with Crippen molar-refractivity contribution in [2.24, 2.45) is 0 Å². The van der Waals surface area contributed by atoms with Crippen molar-refractivity contribution in [1.82, 2.24) is 34.6 Å². The summed E-state index contributed by atoms with van der Waals surface area (Å²) in [4.78, 5) is 38.6. The number of carbonyl (C=O) groups excluding carboxylic acids is 2. The number of hydrogen-bond donors (Lipinski definition) is 3. The molecule has 7 rings (SSSR count). The minimum absolute atomic E-state index is 0.0659. The summed E-state index contributed by atoms with van der Waals surface area (Å²) in [5.41, 5.74) is 11.0. The van der Waals surface area contributed by atoms with Crippen LogP contribution in [0.1, 0.15) is 45.2 Å². The van der Waals surface area contributed by atoms with E-state index in [9.17, 15) is 14.7 Å². The van der Waals surface area contributed by atoms with Gasteiger partial charge in [0.2, 0.25) is 0 Å². The number of nitrogens with two attached hydrogens (primary N) is 1. The largest absolute Gasteiger partial charge is 0.507 e. The van der Waals surface area contributed by atoms with E-state index >= 15 is 0 Å². The first kappa shape index (κ1) is 26.1. The number of benzene rings is 2. The van der Waals surface area contributed by atoms with Crippen molar-refractivity contribution >= 4 is 29.2 Å². The Morgan fingerprint density at radius 1 is 1.07 bits per heavy atom. The Morgan fingerprint density at radius 2 is 1.95 bits per heavy atom. The number of amides is 1. The van der Waals surface area contributed by atoms with Crippen LogP contribution in [0.15, 0.2) is 85.3 Å². The molecule has 1 unspecified atom stereocenters. The number of nitrogens with zero attached hydrogens (tertiary/aromatic N) is 6. The number of nitrogen functional groups attached to an aromatic ring is 1. The van der Waals surface area contributed by atoms with E-state index in [4.69, 9.17) is 15.7 Å². The van der Waals surface area contributed by atoms with Gasteiger partial charge in [-0.3, -0.25) is 14.2 Å². The van der Waals surface area contributed by atoms with Crippen molar-refractivity contribution in [3.63, 3.8) is 0 Å². The van der Waals surface area contributed by atoms with Gasteiger partial charge in [0.1, 0.15) is 17.1 Å². The van der Waals surface area contributed by atoms with Crippen LogP contribution >= 0.6 is 0 Å². The quantitative estimate of drug-likeness (QED) is 0.250. The molecule has 6 aromatic rings. The topological polar surface area (TPSA) is 154 Å². The molecule has 0 radical (unpaired) electrons. The summed E-state index contributed by atoms with van der Waals surface area (Å²) in [6.45, 7) is 1.99. The lowest BCUT2D eigenvalue weighted by Gasteiger charge is -2.27. The van der Waals surface area contributed by atoms with Crippen LogP contribution in [0.4, 0.5) is 5.82 Å². The summed E-state index contributed by atoms with van der Waals surface area (Å²) >= 11 is 0. The van der Waals surface area contributed by atoms with Gasteiger partial charge in [-0.1, -0.05) is 6.07 Å². The smallest absolute Gasteiger partial charge is 0.251 e. The third-order valence-corrected chi connectivity index (χ3v) is 7.95. The number of imidazole rings is 1. The number of carbonyl (C=O) groups is 2. The van der Waals surface area contributed by atoms with E-state index in [-0.39, 0.29) is 17.2 Å². The third-order valence-electron chi connectivity index (χ3n) is 7.95. The lowest BCUT2D eigenvalue weighted by atomic mass is 9.93. The number of aromatic nitrogens is 6. The highest BCUT2D eigenvalue weighted by Gasteiger charge is 2.36. The number of rotatable bonds is 6. The number of pyridine rings is 2. The number of phenols is 1. The second-order valence-electron chi connectivity index (χ2n) is 10.7. The lowest BCUT2D eigenvalue weighted by molar-refractivity contribution is 0.0904. The second-order valence-corrected chi connectivity index (χ2v) is 10.7.